The van der Waals surface area contributed by atoms with Crippen LogP contribution in [0.25, 0.3) is 0 Å². The van der Waals surface area contributed by atoms with Gasteiger partial charge in [0, 0.05) is 22.6 Å². The van der Waals surface area contributed by atoms with Gasteiger partial charge >= 0.3 is 0 Å². The van der Waals surface area contributed by atoms with E-state index < -0.39 is 0 Å². The molecule has 0 fully saturated rings. The zero-order valence-corrected chi connectivity index (χ0v) is 16.2. The minimum Gasteiger partial charge on any atom is -0.484 e. The van der Waals surface area contributed by atoms with Crippen molar-refractivity contribution in [1.82, 2.24) is 4.68 Å². The second kappa shape index (κ2) is 8.43. The lowest BCUT2D eigenvalue weighted by Gasteiger charge is -2.12. The van der Waals surface area contributed by atoms with Gasteiger partial charge in [0.15, 0.2) is 6.61 Å². The molecule has 0 saturated carbocycles. The first-order valence-electron chi connectivity index (χ1n) is 8.98. The van der Waals surface area contributed by atoms with Crippen molar-refractivity contribution < 1.29 is 14.3 Å². The summed E-state index contributed by atoms with van der Waals surface area (Å²) in [6.45, 7) is 5.72. The zero-order chi connectivity index (χ0) is 20.1. The van der Waals surface area contributed by atoms with Crippen LogP contribution in [-0.4, -0.2) is 23.1 Å². The van der Waals surface area contributed by atoms with E-state index in [9.17, 15) is 9.59 Å². The van der Waals surface area contributed by atoms with Crippen LogP contribution in [0.1, 0.15) is 27.3 Å². The molecule has 3 rings (SSSR count). The molecule has 0 unspecified atom stereocenters. The van der Waals surface area contributed by atoms with Gasteiger partial charge in [-0.3, -0.25) is 19.7 Å². The average Bonchev–Trinajstić information content (AvgIpc) is 3.00. The number of aryl methyl sites for hydroxylation is 3. The monoisotopic (exact) mass is 377 g/mol. The summed E-state index contributed by atoms with van der Waals surface area (Å²) in [6.07, 6.45) is 0. The fraction of sp³-hybridized carbons (Fsp3) is 0.182. The van der Waals surface area contributed by atoms with Gasteiger partial charge in [0.05, 0.1) is 0 Å². The second-order valence-corrected chi connectivity index (χ2v) is 6.62. The Labute approximate surface area is 164 Å². The molecular weight excluding hydrogens is 354 g/mol. The van der Waals surface area contributed by atoms with Gasteiger partial charge in [0.1, 0.15) is 5.75 Å². The number of benzene rings is 2. The molecule has 0 aliphatic carbocycles. The molecule has 0 atom stereocenters. The molecule has 6 heteroatoms. The maximum absolute atomic E-state index is 12.4. The first kappa shape index (κ1) is 19.2. The Morgan fingerprint density at radius 2 is 1.46 bits per heavy atom. The molecule has 6 nitrogen and oxygen atoms in total. The number of amides is 2. The summed E-state index contributed by atoms with van der Waals surface area (Å²) in [7, 11) is 0. The van der Waals surface area contributed by atoms with Crippen LogP contribution in [0.2, 0.25) is 0 Å². The number of aromatic nitrogens is 1. The number of nitrogens with zero attached hydrogens (tertiary/aromatic N) is 1. The summed E-state index contributed by atoms with van der Waals surface area (Å²) < 4.78 is 7.23. The smallest absolute Gasteiger partial charge is 0.270 e. The minimum atomic E-state index is -0.246. The van der Waals surface area contributed by atoms with Crippen LogP contribution in [-0.2, 0) is 4.79 Å². The summed E-state index contributed by atoms with van der Waals surface area (Å²) >= 11 is 0. The Morgan fingerprint density at radius 3 is 2.07 bits per heavy atom. The Bertz CT molecular complexity index is 954. The third kappa shape index (κ3) is 4.79. The van der Waals surface area contributed by atoms with E-state index in [2.05, 4.69) is 10.7 Å². The molecule has 0 aliphatic heterocycles. The van der Waals surface area contributed by atoms with Crippen LogP contribution in [0.3, 0.4) is 0 Å². The summed E-state index contributed by atoms with van der Waals surface area (Å²) in [5.41, 5.74) is 7.10. The Morgan fingerprint density at radius 1 is 0.857 bits per heavy atom. The number of nitrogens with one attached hydrogen (secondary N) is 2. The number of carbonyl (C=O) groups excluding carboxylic acids is 2. The molecule has 0 saturated heterocycles. The lowest BCUT2D eigenvalue weighted by Crippen LogP contribution is -2.24. The number of carbonyl (C=O) groups is 2. The summed E-state index contributed by atoms with van der Waals surface area (Å²) in [6, 6.07) is 18.1. The number of rotatable bonds is 6. The van der Waals surface area contributed by atoms with Gasteiger partial charge in [-0.1, -0.05) is 17.7 Å². The van der Waals surface area contributed by atoms with Crippen LogP contribution in [0.4, 0.5) is 5.69 Å². The number of anilines is 1. The molecule has 0 bridgehead atoms. The number of ether oxygens (including phenoxy) is 1. The first-order valence-corrected chi connectivity index (χ1v) is 8.98. The van der Waals surface area contributed by atoms with Gasteiger partial charge < -0.3 is 10.1 Å². The Balaban J connectivity index is 1.53. The van der Waals surface area contributed by atoms with Crippen molar-refractivity contribution in [3.05, 3.63) is 83.2 Å². The largest absolute Gasteiger partial charge is 0.484 e. The third-order valence-corrected chi connectivity index (χ3v) is 4.31. The molecule has 0 aliphatic rings. The van der Waals surface area contributed by atoms with Crippen molar-refractivity contribution in [3.63, 3.8) is 0 Å². The lowest BCUT2D eigenvalue weighted by molar-refractivity contribution is -0.118. The molecule has 0 radical (unpaired) electrons. The van der Waals surface area contributed by atoms with Gasteiger partial charge in [0.25, 0.3) is 11.8 Å². The fourth-order valence-corrected chi connectivity index (χ4v) is 2.70. The highest BCUT2D eigenvalue weighted by molar-refractivity contribution is 6.00. The maximum atomic E-state index is 12.4. The Kier molecular flexibility index (Phi) is 5.79. The van der Waals surface area contributed by atoms with Gasteiger partial charge in [-0.25, -0.2) is 0 Å². The summed E-state index contributed by atoms with van der Waals surface area (Å²) in [4.78, 5) is 24.4. The van der Waals surface area contributed by atoms with Crippen LogP contribution in [0.15, 0.2) is 60.7 Å². The average molecular weight is 377 g/mol. The summed E-state index contributed by atoms with van der Waals surface area (Å²) in [5, 5.41) is 2.77. The van der Waals surface area contributed by atoms with Gasteiger partial charge in [-0.15, -0.1) is 0 Å². The zero-order valence-electron chi connectivity index (χ0n) is 16.2. The van der Waals surface area contributed by atoms with Gasteiger partial charge in [0.2, 0.25) is 0 Å². The predicted octanol–water partition coefficient (Wildman–Crippen LogP) is 3.81. The molecule has 28 heavy (non-hydrogen) atoms. The normalized spacial score (nSPS) is 10.4. The van der Waals surface area contributed by atoms with E-state index in [0.717, 1.165) is 22.6 Å². The highest BCUT2D eigenvalue weighted by Crippen LogP contribution is 2.14. The van der Waals surface area contributed by atoms with E-state index in [0.29, 0.717) is 11.3 Å². The SMILES string of the molecule is Cc1ccc(NC(=O)COc2ccc(C(=O)Nn3c(C)ccc3C)cc2)cc1. The molecule has 144 valence electrons. The van der Waals surface area contributed by atoms with E-state index in [1.165, 1.54) is 0 Å². The lowest BCUT2D eigenvalue weighted by atomic mass is 10.2. The highest BCUT2D eigenvalue weighted by atomic mass is 16.5. The fourth-order valence-electron chi connectivity index (χ4n) is 2.70. The van der Waals surface area contributed by atoms with Crippen molar-refractivity contribution in [2.45, 2.75) is 20.8 Å². The third-order valence-electron chi connectivity index (χ3n) is 4.31. The van der Waals surface area contributed by atoms with Crippen molar-refractivity contribution in [2.24, 2.45) is 0 Å². The molecule has 3 aromatic rings. The van der Waals surface area contributed by atoms with E-state index in [1.54, 1.807) is 28.9 Å². The molecule has 2 amide bonds. The second-order valence-electron chi connectivity index (χ2n) is 6.62. The quantitative estimate of drug-likeness (QED) is 0.686. The van der Waals surface area contributed by atoms with Crippen LogP contribution >= 0.6 is 0 Å². The van der Waals surface area contributed by atoms with E-state index in [-0.39, 0.29) is 18.4 Å². The Hall–Kier alpha value is -3.54. The van der Waals surface area contributed by atoms with Crippen molar-refractivity contribution in [2.75, 3.05) is 17.3 Å². The van der Waals surface area contributed by atoms with Crippen LogP contribution < -0.4 is 15.5 Å². The molecular formula is C22H23N3O3. The van der Waals surface area contributed by atoms with Crippen molar-refractivity contribution in [3.8, 4) is 5.75 Å². The van der Waals surface area contributed by atoms with E-state index in [4.69, 9.17) is 4.74 Å². The van der Waals surface area contributed by atoms with E-state index >= 15 is 0 Å². The van der Waals surface area contributed by atoms with Crippen molar-refractivity contribution in [1.29, 1.82) is 0 Å². The first-order chi connectivity index (χ1) is 13.4. The van der Waals surface area contributed by atoms with Crippen LogP contribution in [0.5, 0.6) is 5.75 Å². The number of hydrogen-bond donors (Lipinski definition) is 2. The minimum absolute atomic E-state index is 0.110. The van der Waals surface area contributed by atoms with Gasteiger partial charge in [-0.05, 0) is 69.3 Å². The van der Waals surface area contributed by atoms with Gasteiger partial charge in [-0.2, -0.15) is 0 Å². The van der Waals surface area contributed by atoms with Crippen LogP contribution in [0, 0.1) is 20.8 Å². The molecule has 1 heterocycles. The molecule has 1 aromatic heterocycles. The molecule has 2 aromatic carbocycles. The summed E-state index contributed by atoms with van der Waals surface area (Å²) in [5.74, 6) is 0.0548. The standard InChI is InChI=1S/C22H23N3O3/c1-15-4-10-19(11-5-15)23-21(26)14-28-20-12-8-18(9-13-20)22(27)24-25-16(2)6-7-17(25)3/h4-13H,14H2,1-3H3,(H,23,26)(H,24,27). The number of hydrogen-bond acceptors (Lipinski definition) is 3. The maximum Gasteiger partial charge on any atom is 0.270 e. The molecule has 2 N–H and O–H groups in total. The topological polar surface area (TPSA) is 72.4 Å². The highest BCUT2D eigenvalue weighted by Gasteiger charge is 2.09. The van der Waals surface area contributed by atoms with Crippen molar-refractivity contribution >= 4 is 17.5 Å². The predicted molar refractivity (Wildman–Crippen MR) is 109 cm³/mol. The molecule has 0 spiro atoms. The van der Waals surface area contributed by atoms with E-state index in [1.807, 2.05) is 57.2 Å².